The van der Waals surface area contributed by atoms with Gasteiger partial charge in [-0.25, -0.2) is 4.98 Å². The Hall–Kier alpha value is -1.75. The van der Waals surface area contributed by atoms with Crippen LogP contribution in [-0.4, -0.2) is 13.3 Å². The van der Waals surface area contributed by atoms with Crippen molar-refractivity contribution in [1.82, 2.24) is 4.98 Å². The normalized spacial score (nSPS) is 12.2. The van der Waals surface area contributed by atoms with Gasteiger partial charge in [-0.3, -0.25) is 0 Å². The fourth-order valence-electron chi connectivity index (χ4n) is 3.47. The summed E-state index contributed by atoms with van der Waals surface area (Å²) in [6.45, 7) is 7.35. The van der Waals surface area contributed by atoms with E-state index >= 15 is 0 Å². The number of aromatic nitrogens is 1. The molecule has 0 spiro atoms. The maximum Gasteiger partial charge on any atom is 0.261 e. The summed E-state index contributed by atoms with van der Waals surface area (Å²) in [5, 5.41) is 2.55. The van der Waals surface area contributed by atoms with Gasteiger partial charge in [0.2, 0.25) is 0 Å². The van der Waals surface area contributed by atoms with Crippen molar-refractivity contribution < 1.29 is 4.43 Å². The highest BCUT2D eigenvalue weighted by molar-refractivity contribution is 9.10. The summed E-state index contributed by atoms with van der Waals surface area (Å²) >= 11 is 3.46. The Labute approximate surface area is 165 Å². The summed E-state index contributed by atoms with van der Waals surface area (Å²) in [6, 6.07) is 27.3. The van der Waals surface area contributed by atoms with E-state index in [1.54, 1.807) is 0 Å². The first-order chi connectivity index (χ1) is 12.4. The molecule has 0 radical (unpaired) electrons. The van der Waals surface area contributed by atoms with Gasteiger partial charge in [0, 0.05) is 0 Å². The molecule has 1 aromatic heterocycles. The number of benzene rings is 2. The van der Waals surface area contributed by atoms with Crippen LogP contribution in [-0.2, 0) is 11.0 Å². The van der Waals surface area contributed by atoms with Crippen LogP contribution in [0.25, 0.3) is 0 Å². The fraction of sp³-hybridized carbons (Fsp3) is 0.227. The van der Waals surface area contributed by atoms with E-state index in [9.17, 15) is 0 Å². The Bertz CT molecular complexity index is 807. The molecule has 0 saturated carbocycles. The molecular formula is C22H24BrNOSi. The van der Waals surface area contributed by atoms with Crippen molar-refractivity contribution in [2.24, 2.45) is 0 Å². The highest BCUT2D eigenvalue weighted by Gasteiger charge is 2.50. The fourth-order valence-corrected chi connectivity index (χ4v) is 8.37. The van der Waals surface area contributed by atoms with E-state index in [0.29, 0.717) is 6.61 Å². The molecule has 3 rings (SSSR count). The van der Waals surface area contributed by atoms with Crippen LogP contribution in [0.2, 0.25) is 5.04 Å². The van der Waals surface area contributed by atoms with Crippen LogP contribution >= 0.6 is 15.9 Å². The number of halogens is 1. The summed E-state index contributed by atoms with van der Waals surface area (Å²) in [4.78, 5) is 4.56. The van der Waals surface area contributed by atoms with Gasteiger partial charge in [-0.2, -0.15) is 0 Å². The predicted molar refractivity (Wildman–Crippen MR) is 114 cm³/mol. The zero-order valence-electron chi connectivity index (χ0n) is 15.4. The zero-order chi connectivity index (χ0) is 18.6. The van der Waals surface area contributed by atoms with Crippen molar-refractivity contribution in [3.63, 3.8) is 0 Å². The average Bonchev–Trinajstić information content (AvgIpc) is 2.63. The molecule has 0 saturated heterocycles. The van der Waals surface area contributed by atoms with E-state index in [0.717, 1.165) is 10.3 Å². The number of hydrogen-bond acceptors (Lipinski definition) is 2. The van der Waals surface area contributed by atoms with Crippen molar-refractivity contribution in [2.45, 2.75) is 32.4 Å². The number of hydrogen-bond donors (Lipinski definition) is 0. The molecule has 0 unspecified atom stereocenters. The third kappa shape index (κ3) is 3.82. The Morgan fingerprint density at radius 3 is 1.81 bits per heavy atom. The van der Waals surface area contributed by atoms with Crippen molar-refractivity contribution in [1.29, 1.82) is 0 Å². The van der Waals surface area contributed by atoms with E-state index < -0.39 is 8.32 Å². The highest BCUT2D eigenvalue weighted by atomic mass is 79.9. The Morgan fingerprint density at radius 1 is 0.808 bits per heavy atom. The average molecular weight is 426 g/mol. The zero-order valence-corrected chi connectivity index (χ0v) is 18.0. The Balaban J connectivity index is 2.11. The van der Waals surface area contributed by atoms with Crippen LogP contribution in [0.5, 0.6) is 0 Å². The van der Waals surface area contributed by atoms with Gasteiger partial charge in [-0.1, -0.05) is 87.5 Å². The molecule has 4 heteroatoms. The topological polar surface area (TPSA) is 22.1 Å². The number of pyridine rings is 1. The van der Waals surface area contributed by atoms with Crippen LogP contribution in [0.1, 0.15) is 26.5 Å². The molecule has 0 atom stereocenters. The second-order valence-corrected chi connectivity index (χ2v) is 12.5. The first-order valence-corrected chi connectivity index (χ1v) is 11.5. The van der Waals surface area contributed by atoms with Gasteiger partial charge >= 0.3 is 0 Å². The second-order valence-electron chi connectivity index (χ2n) is 7.40. The van der Waals surface area contributed by atoms with Gasteiger partial charge < -0.3 is 4.43 Å². The minimum Gasteiger partial charge on any atom is -0.401 e. The minimum absolute atomic E-state index is 0.0261. The molecule has 0 aliphatic rings. The quantitative estimate of drug-likeness (QED) is 0.427. The van der Waals surface area contributed by atoms with Crippen LogP contribution in [0, 0.1) is 0 Å². The second kappa shape index (κ2) is 7.87. The lowest BCUT2D eigenvalue weighted by molar-refractivity contribution is 0.281. The molecule has 0 aliphatic heterocycles. The van der Waals surface area contributed by atoms with Crippen LogP contribution in [0.4, 0.5) is 0 Å². The van der Waals surface area contributed by atoms with Crippen molar-refractivity contribution in [2.75, 3.05) is 0 Å². The van der Waals surface area contributed by atoms with E-state index in [2.05, 4.69) is 102 Å². The summed E-state index contributed by atoms with van der Waals surface area (Å²) in [7, 11) is -2.50. The molecule has 0 aliphatic carbocycles. The van der Waals surface area contributed by atoms with Crippen LogP contribution in [0.15, 0.2) is 83.5 Å². The molecule has 134 valence electrons. The van der Waals surface area contributed by atoms with Gasteiger partial charge in [-0.15, -0.1) is 0 Å². The lowest BCUT2D eigenvalue weighted by Gasteiger charge is -2.43. The lowest BCUT2D eigenvalue weighted by Crippen LogP contribution is -2.66. The molecule has 0 fully saturated rings. The molecule has 2 nitrogen and oxygen atoms in total. The smallest absolute Gasteiger partial charge is 0.261 e. The SMILES string of the molecule is CC(C)(C)[Si](OCc1cccc(Br)n1)(c1ccccc1)c1ccccc1. The van der Waals surface area contributed by atoms with Gasteiger partial charge in [0.25, 0.3) is 8.32 Å². The minimum atomic E-state index is -2.50. The molecule has 2 aromatic carbocycles. The molecule has 3 aromatic rings. The van der Waals surface area contributed by atoms with E-state index in [4.69, 9.17) is 4.43 Å². The summed E-state index contributed by atoms with van der Waals surface area (Å²) in [5.41, 5.74) is 0.937. The molecule has 0 amide bonds. The van der Waals surface area contributed by atoms with E-state index in [1.165, 1.54) is 10.4 Å². The largest absolute Gasteiger partial charge is 0.401 e. The van der Waals surface area contributed by atoms with Gasteiger partial charge in [0.1, 0.15) is 4.60 Å². The monoisotopic (exact) mass is 425 g/mol. The summed E-state index contributed by atoms with van der Waals surface area (Å²) < 4.78 is 7.70. The molecular weight excluding hydrogens is 402 g/mol. The maximum atomic E-state index is 6.86. The summed E-state index contributed by atoms with van der Waals surface area (Å²) in [6.07, 6.45) is 0. The third-order valence-electron chi connectivity index (χ3n) is 4.63. The number of rotatable bonds is 5. The highest BCUT2D eigenvalue weighted by Crippen LogP contribution is 2.37. The lowest BCUT2D eigenvalue weighted by atomic mass is 10.2. The molecule has 26 heavy (non-hydrogen) atoms. The van der Waals surface area contributed by atoms with Gasteiger partial charge in [0.15, 0.2) is 0 Å². The Morgan fingerprint density at radius 2 is 1.35 bits per heavy atom. The first kappa shape index (κ1) is 19.0. The van der Waals surface area contributed by atoms with Crippen LogP contribution in [0.3, 0.4) is 0 Å². The number of nitrogens with zero attached hydrogens (tertiary/aromatic N) is 1. The van der Waals surface area contributed by atoms with E-state index in [1.807, 2.05) is 18.2 Å². The predicted octanol–water partition coefficient (Wildman–Crippen LogP) is 4.92. The molecule has 1 heterocycles. The van der Waals surface area contributed by atoms with Crippen molar-refractivity contribution >= 4 is 34.6 Å². The van der Waals surface area contributed by atoms with E-state index in [-0.39, 0.29) is 5.04 Å². The standard InChI is InChI=1S/C22H24BrNOSi/c1-22(2,3)26(19-12-6-4-7-13-19,20-14-8-5-9-15-20)25-17-18-11-10-16-21(23)24-18/h4-16H,17H2,1-3H3. The Kier molecular flexibility index (Phi) is 5.75. The molecule has 0 bridgehead atoms. The summed E-state index contributed by atoms with van der Waals surface area (Å²) in [5.74, 6) is 0. The first-order valence-electron chi connectivity index (χ1n) is 8.80. The van der Waals surface area contributed by atoms with Crippen LogP contribution < -0.4 is 10.4 Å². The third-order valence-corrected chi connectivity index (χ3v) is 10.1. The van der Waals surface area contributed by atoms with Gasteiger partial charge in [0.05, 0.1) is 12.3 Å². The van der Waals surface area contributed by atoms with Crippen molar-refractivity contribution in [3.05, 3.63) is 89.2 Å². The molecule has 0 N–H and O–H groups in total. The van der Waals surface area contributed by atoms with Gasteiger partial charge in [-0.05, 0) is 43.5 Å². The van der Waals surface area contributed by atoms with Crippen molar-refractivity contribution in [3.8, 4) is 0 Å². The maximum absolute atomic E-state index is 6.86.